The minimum Gasteiger partial charge on any atom is -0.460 e. The van der Waals surface area contributed by atoms with E-state index >= 15 is 0 Å². The third-order valence-electron chi connectivity index (χ3n) is 6.41. The number of cyclic esters (lactones) is 1. The molecule has 9 nitrogen and oxygen atoms in total. The maximum Gasteiger partial charge on any atom is 0.350 e. The molecule has 7 unspecified atom stereocenters. The Kier molecular flexibility index (Phi) is 4.95. The molecule has 0 amide bonds. The van der Waals surface area contributed by atoms with Gasteiger partial charge in [-0.05, 0) is 24.7 Å². The lowest BCUT2D eigenvalue weighted by Crippen LogP contribution is -2.44. The van der Waals surface area contributed by atoms with Gasteiger partial charge in [0, 0.05) is 0 Å². The second-order valence-electron chi connectivity index (χ2n) is 10.5. The van der Waals surface area contributed by atoms with Crippen LogP contribution in [0.2, 0.25) is 0 Å². The summed E-state index contributed by atoms with van der Waals surface area (Å²) in [4.78, 5) is 37.1. The first-order chi connectivity index (χ1) is 13.8. The SMILES string of the molecule is CC(C)C(C)(CC(C)(C)C)C(=O)OC1C(=O)OC2C3OC4(COC(=O)C4)OC3OC12. The van der Waals surface area contributed by atoms with Crippen molar-refractivity contribution >= 4 is 17.9 Å². The van der Waals surface area contributed by atoms with E-state index in [2.05, 4.69) is 20.8 Å². The molecule has 30 heavy (non-hydrogen) atoms. The summed E-state index contributed by atoms with van der Waals surface area (Å²) < 4.78 is 33.6. The van der Waals surface area contributed by atoms with Crippen molar-refractivity contribution in [2.24, 2.45) is 16.7 Å². The van der Waals surface area contributed by atoms with Crippen molar-refractivity contribution in [2.75, 3.05) is 6.61 Å². The Balaban J connectivity index is 1.46. The molecule has 0 saturated carbocycles. The molecule has 4 rings (SSSR count). The lowest BCUT2D eigenvalue weighted by Gasteiger charge is -2.37. The normalized spacial score (nSPS) is 39.6. The predicted octanol–water partition coefficient (Wildman–Crippen LogP) is 1.71. The molecule has 1 spiro atoms. The number of rotatable bonds is 4. The zero-order valence-corrected chi connectivity index (χ0v) is 18.3. The zero-order valence-electron chi connectivity index (χ0n) is 18.3. The number of carbonyl (C=O) groups is 3. The lowest BCUT2D eigenvalue weighted by molar-refractivity contribution is -0.232. The molecule has 0 aromatic rings. The van der Waals surface area contributed by atoms with Gasteiger partial charge in [0.05, 0.1) is 5.41 Å². The summed E-state index contributed by atoms with van der Waals surface area (Å²) in [5, 5.41) is 0. The molecule has 4 heterocycles. The van der Waals surface area contributed by atoms with E-state index in [0.29, 0.717) is 6.42 Å². The van der Waals surface area contributed by atoms with Crippen LogP contribution in [0.25, 0.3) is 0 Å². The standard InChI is InChI=1S/C21H30O9/c1-10(2)20(6,8-19(3,4)5)18(24)28-14-12-13(26-16(14)23)15-17(27-12)30-21(29-15)7-11(22)25-9-21/h10,12-15,17H,7-9H2,1-6H3. The van der Waals surface area contributed by atoms with Gasteiger partial charge in [0.25, 0.3) is 0 Å². The highest BCUT2D eigenvalue weighted by molar-refractivity contribution is 5.84. The molecule has 0 bridgehead atoms. The zero-order chi connectivity index (χ0) is 22.1. The molecule has 0 aromatic carbocycles. The van der Waals surface area contributed by atoms with E-state index in [1.807, 2.05) is 20.8 Å². The third-order valence-corrected chi connectivity index (χ3v) is 6.41. The summed E-state index contributed by atoms with van der Waals surface area (Å²) >= 11 is 0. The summed E-state index contributed by atoms with van der Waals surface area (Å²) in [5.41, 5.74) is -0.877. The first-order valence-electron chi connectivity index (χ1n) is 10.4. The maximum atomic E-state index is 13.2. The summed E-state index contributed by atoms with van der Waals surface area (Å²) in [7, 11) is 0. The van der Waals surface area contributed by atoms with Crippen molar-refractivity contribution in [3.8, 4) is 0 Å². The molecule has 0 radical (unpaired) electrons. The average Bonchev–Trinajstić information content (AvgIpc) is 3.30. The quantitative estimate of drug-likeness (QED) is 0.490. The summed E-state index contributed by atoms with van der Waals surface area (Å²) in [6.45, 7) is 11.9. The van der Waals surface area contributed by atoms with Crippen LogP contribution in [-0.2, 0) is 42.8 Å². The van der Waals surface area contributed by atoms with Gasteiger partial charge in [-0.15, -0.1) is 0 Å². The number of esters is 3. The fourth-order valence-corrected chi connectivity index (χ4v) is 4.71. The van der Waals surface area contributed by atoms with Gasteiger partial charge < -0.3 is 28.4 Å². The molecule has 4 aliphatic rings. The van der Waals surface area contributed by atoms with E-state index < -0.39 is 59.8 Å². The molecular weight excluding hydrogens is 396 g/mol. The van der Waals surface area contributed by atoms with Crippen LogP contribution in [0.4, 0.5) is 0 Å². The van der Waals surface area contributed by atoms with E-state index in [1.54, 1.807) is 0 Å². The Hall–Kier alpha value is -1.71. The van der Waals surface area contributed by atoms with Crippen molar-refractivity contribution in [3.63, 3.8) is 0 Å². The molecule has 0 N–H and O–H groups in total. The van der Waals surface area contributed by atoms with Crippen molar-refractivity contribution in [3.05, 3.63) is 0 Å². The minimum absolute atomic E-state index is 0.00718. The van der Waals surface area contributed by atoms with Gasteiger partial charge in [-0.3, -0.25) is 9.59 Å². The number of hydrogen-bond acceptors (Lipinski definition) is 9. The summed E-state index contributed by atoms with van der Waals surface area (Å²) in [5.74, 6) is -2.74. The number of ether oxygens (including phenoxy) is 6. The lowest BCUT2D eigenvalue weighted by atomic mass is 9.69. The second kappa shape index (κ2) is 6.90. The van der Waals surface area contributed by atoms with Gasteiger partial charge in [-0.2, -0.15) is 0 Å². The van der Waals surface area contributed by atoms with E-state index in [4.69, 9.17) is 28.4 Å². The Morgan fingerprint density at radius 3 is 2.40 bits per heavy atom. The van der Waals surface area contributed by atoms with E-state index in [-0.39, 0.29) is 24.4 Å². The van der Waals surface area contributed by atoms with Crippen LogP contribution in [0.1, 0.15) is 54.4 Å². The predicted molar refractivity (Wildman–Crippen MR) is 99.7 cm³/mol. The van der Waals surface area contributed by atoms with Crippen molar-refractivity contribution < 1.29 is 42.8 Å². The number of hydrogen-bond donors (Lipinski definition) is 0. The highest BCUT2D eigenvalue weighted by Gasteiger charge is 2.67. The number of carbonyl (C=O) groups excluding carboxylic acids is 3. The Morgan fingerprint density at radius 1 is 1.13 bits per heavy atom. The van der Waals surface area contributed by atoms with Crippen LogP contribution in [0.5, 0.6) is 0 Å². The highest BCUT2D eigenvalue weighted by Crippen LogP contribution is 2.47. The molecule has 9 heteroatoms. The van der Waals surface area contributed by atoms with Crippen molar-refractivity contribution in [1.29, 1.82) is 0 Å². The average molecular weight is 426 g/mol. The van der Waals surface area contributed by atoms with Crippen LogP contribution < -0.4 is 0 Å². The second-order valence-corrected chi connectivity index (χ2v) is 10.5. The molecule has 4 saturated heterocycles. The first-order valence-corrected chi connectivity index (χ1v) is 10.4. The van der Waals surface area contributed by atoms with E-state index in [9.17, 15) is 14.4 Å². The van der Waals surface area contributed by atoms with Crippen LogP contribution in [0.15, 0.2) is 0 Å². The smallest absolute Gasteiger partial charge is 0.350 e. The van der Waals surface area contributed by atoms with Gasteiger partial charge in [0.15, 0.2) is 18.5 Å². The van der Waals surface area contributed by atoms with E-state index in [1.165, 1.54) is 0 Å². The molecule has 168 valence electrons. The van der Waals surface area contributed by atoms with Crippen LogP contribution in [-0.4, -0.2) is 61.0 Å². The molecule has 4 aliphatic heterocycles. The summed E-state index contributed by atoms with van der Waals surface area (Å²) in [6.07, 6.45) is -3.76. The largest absolute Gasteiger partial charge is 0.460 e. The molecule has 0 aromatic heterocycles. The molecule has 0 aliphatic carbocycles. The monoisotopic (exact) mass is 426 g/mol. The topological polar surface area (TPSA) is 107 Å². The Morgan fingerprint density at radius 2 is 1.83 bits per heavy atom. The molecular formula is C21H30O9. The van der Waals surface area contributed by atoms with Gasteiger partial charge >= 0.3 is 17.9 Å². The third kappa shape index (κ3) is 3.50. The van der Waals surface area contributed by atoms with Crippen molar-refractivity contribution in [2.45, 2.75) is 90.9 Å². The van der Waals surface area contributed by atoms with Crippen molar-refractivity contribution in [1.82, 2.24) is 0 Å². The first kappa shape index (κ1) is 21.5. The summed E-state index contributed by atoms with van der Waals surface area (Å²) in [6, 6.07) is 0. The van der Waals surface area contributed by atoms with Gasteiger partial charge in [0.2, 0.25) is 11.9 Å². The fraction of sp³-hybridized carbons (Fsp3) is 0.857. The maximum absolute atomic E-state index is 13.2. The molecule has 7 atom stereocenters. The fourth-order valence-electron chi connectivity index (χ4n) is 4.71. The van der Waals surface area contributed by atoms with E-state index in [0.717, 1.165) is 0 Å². The minimum atomic E-state index is -1.21. The van der Waals surface area contributed by atoms with Gasteiger partial charge in [-0.25, -0.2) is 4.79 Å². The van der Waals surface area contributed by atoms with Gasteiger partial charge in [0.1, 0.15) is 19.1 Å². The Labute approximate surface area is 175 Å². The molecule has 4 fully saturated rings. The van der Waals surface area contributed by atoms with Gasteiger partial charge in [-0.1, -0.05) is 34.6 Å². The van der Waals surface area contributed by atoms with Crippen LogP contribution >= 0.6 is 0 Å². The Bertz CT molecular complexity index is 756. The highest BCUT2D eigenvalue weighted by atomic mass is 16.9. The number of fused-ring (bicyclic) bond motifs is 3. The van der Waals surface area contributed by atoms with Crippen LogP contribution in [0.3, 0.4) is 0 Å². The van der Waals surface area contributed by atoms with Crippen LogP contribution in [0, 0.1) is 16.7 Å².